The number of aryl methyl sites for hydroxylation is 1. The van der Waals surface area contributed by atoms with Gasteiger partial charge in [0.1, 0.15) is 0 Å². The first kappa shape index (κ1) is 13.4. The second-order valence-electron chi connectivity index (χ2n) is 5.48. The fourth-order valence-corrected chi connectivity index (χ4v) is 2.66. The van der Waals surface area contributed by atoms with E-state index in [4.69, 9.17) is 0 Å². The molecule has 1 N–H and O–H groups in total. The molecule has 0 saturated heterocycles. The third kappa shape index (κ3) is 3.99. The normalized spacial score (nSPS) is 24.0. The van der Waals surface area contributed by atoms with E-state index in [0.29, 0.717) is 12.1 Å². The van der Waals surface area contributed by atoms with Crippen LogP contribution in [0.2, 0.25) is 0 Å². The predicted molar refractivity (Wildman–Crippen MR) is 78.7 cm³/mol. The van der Waals surface area contributed by atoms with Crippen LogP contribution in [0.5, 0.6) is 0 Å². The summed E-state index contributed by atoms with van der Waals surface area (Å²) in [6.45, 7) is 4.42. The fraction of sp³-hybridized carbons (Fsp3) is 0.529. The van der Waals surface area contributed by atoms with E-state index in [1.165, 1.54) is 43.2 Å². The minimum absolute atomic E-state index is 0.430. The van der Waals surface area contributed by atoms with Crippen LogP contribution in [0.25, 0.3) is 0 Å². The Morgan fingerprint density at radius 1 is 1.22 bits per heavy atom. The van der Waals surface area contributed by atoms with Crippen molar-refractivity contribution in [2.24, 2.45) is 0 Å². The summed E-state index contributed by atoms with van der Waals surface area (Å²) in [6.07, 6.45) is 11.3. The van der Waals surface area contributed by atoms with Gasteiger partial charge in [-0.15, -0.1) is 0 Å². The lowest BCUT2D eigenvalue weighted by atomic mass is 10.00. The number of nitrogens with one attached hydrogen (secondary N) is 1. The quantitative estimate of drug-likeness (QED) is 0.769. The molecule has 0 bridgehead atoms. The van der Waals surface area contributed by atoms with Gasteiger partial charge in [-0.1, -0.05) is 54.8 Å². The van der Waals surface area contributed by atoms with E-state index < -0.39 is 0 Å². The van der Waals surface area contributed by atoms with Crippen LogP contribution >= 0.6 is 0 Å². The molecule has 2 rings (SSSR count). The zero-order valence-electron chi connectivity index (χ0n) is 11.7. The lowest BCUT2D eigenvalue weighted by Gasteiger charge is -2.22. The number of rotatable bonds is 3. The smallest absolute Gasteiger partial charge is 0.0297 e. The molecule has 1 unspecified atom stereocenters. The molecule has 98 valence electrons. The summed E-state index contributed by atoms with van der Waals surface area (Å²) in [5.74, 6) is 0. The van der Waals surface area contributed by atoms with E-state index in [2.05, 4.69) is 55.6 Å². The third-order valence-electron chi connectivity index (χ3n) is 3.76. The van der Waals surface area contributed by atoms with Gasteiger partial charge in [0.05, 0.1) is 0 Å². The van der Waals surface area contributed by atoms with Crippen LogP contribution in [-0.4, -0.2) is 6.04 Å². The molecule has 18 heavy (non-hydrogen) atoms. The molecule has 0 aliphatic heterocycles. The molecule has 0 saturated carbocycles. The van der Waals surface area contributed by atoms with Crippen molar-refractivity contribution in [1.29, 1.82) is 0 Å². The van der Waals surface area contributed by atoms with Crippen LogP contribution in [-0.2, 0) is 0 Å². The van der Waals surface area contributed by atoms with Crippen LogP contribution in [0.3, 0.4) is 0 Å². The van der Waals surface area contributed by atoms with E-state index in [1.54, 1.807) is 0 Å². The number of allylic oxidation sites excluding steroid dienone is 1. The van der Waals surface area contributed by atoms with E-state index in [0.717, 1.165) is 0 Å². The summed E-state index contributed by atoms with van der Waals surface area (Å²) in [6, 6.07) is 9.78. The molecule has 1 nitrogen and oxygen atoms in total. The van der Waals surface area contributed by atoms with Crippen LogP contribution < -0.4 is 5.32 Å². The second-order valence-corrected chi connectivity index (χ2v) is 5.48. The van der Waals surface area contributed by atoms with Gasteiger partial charge in [-0.2, -0.15) is 0 Å². The number of hydrogen-bond acceptors (Lipinski definition) is 1. The summed E-state index contributed by atoms with van der Waals surface area (Å²) in [5, 5.41) is 3.74. The van der Waals surface area contributed by atoms with Crippen LogP contribution in [0.15, 0.2) is 36.4 Å². The van der Waals surface area contributed by atoms with Gasteiger partial charge in [0.25, 0.3) is 0 Å². The van der Waals surface area contributed by atoms with Gasteiger partial charge in [-0.3, -0.25) is 0 Å². The molecule has 1 heteroatoms. The Bertz CT molecular complexity index is 394. The molecule has 1 aromatic rings. The van der Waals surface area contributed by atoms with Gasteiger partial charge < -0.3 is 5.32 Å². The van der Waals surface area contributed by atoms with Crippen molar-refractivity contribution in [3.63, 3.8) is 0 Å². The zero-order valence-corrected chi connectivity index (χ0v) is 11.7. The lowest BCUT2D eigenvalue weighted by molar-refractivity contribution is 0.461. The molecule has 0 aromatic heterocycles. The van der Waals surface area contributed by atoms with Crippen molar-refractivity contribution < 1.29 is 0 Å². The van der Waals surface area contributed by atoms with E-state index >= 15 is 0 Å². The van der Waals surface area contributed by atoms with Gasteiger partial charge in [0.2, 0.25) is 0 Å². The highest BCUT2D eigenvalue weighted by atomic mass is 14.9. The lowest BCUT2D eigenvalue weighted by Crippen LogP contribution is -2.30. The van der Waals surface area contributed by atoms with Crippen molar-refractivity contribution in [3.05, 3.63) is 47.5 Å². The van der Waals surface area contributed by atoms with Crippen molar-refractivity contribution in [2.45, 2.75) is 58.0 Å². The molecule has 0 radical (unpaired) electrons. The highest BCUT2D eigenvalue weighted by Gasteiger charge is 2.11. The second kappa shape index (κ2) is 6.75. The van der Waals surface area contributed by atoms with Crippen LogP contribution in [0.1, 0.15) is 56.2 Å². The van der Waals surface area contributed by atoms with Crippen molar-refractivity contribution in [1.82, 2.24) is 5.32 Å². The molecule has 1 aliphatic rings. The Morgan fingerprint density at radius 2 is 2.11 bits per heavy atom. The van der Waals surface area contributed by atoms with Gasteiger partial charge in [-0.25, -0.2) is 0 Å². The maximum Gasteiger partial charge on any atom is 0.0297 e. The van der Waals surface area contributed by atoms with E-state index in [9.17, 15) is 0 Å². The maximum atomic E-state index is 3.74. The molecule has 0 amide bonds. The van der Waals surface area contributed by atoms with Gasteiger partial charge in [-0.05, 0) is 38.7 Å². The average molecular weight is 243 g/mol. The Balaban J connectivity index is 1.97. The molecule has 1 aromatic carbocycles. The topological polar surface area (TPSA) is 12.0 Å². The molecule has 1 aliphatic carbocycles. The molecule has 0 heterocycles. The fourth-order valence-electron chi connectivity index (χ4n) is 2.66. The molecule has 0 spiro atoms. The minimum Gasteiger partial charge on any atom is -0.304 e. The first-order valence-electron chi connectivity index (χ1n) is 7.25. The Labute approximate surface area is 111 Å². The van der Waals surface area contributed by atoms with Crippen LogP contribution in [0.4, 0.5) is 0 Å². The van der Waals surface area contributed by atoms with E-state index in [1.807, 2.05) is 0 Å². The van der Waals surface area contributed by atoms with Gasteiger partial charge >= 0.3 is 0 Å². The monoisotopic (exact) mass is 243 g/mol. The summed E-state index contributed by atoms with van der Waals surface area (Å²) < 4.78 is 0. The van der Waals surface area contributed by atoms with Crippen molar-refractivity contribution in [2.75, 3.05) is 0 Å². The molecular weight excluding hydrogens is 218 g/mol. The summed E-state index contributed by atoms with van der Waals surface area (Å²) >= 11 is 0. The van der Waals surface area contributed by atoms with Crippen molar-refractivity contribution >= 4 is 0 Å². The largest absolute Gasteiger partial charge is 0.304 e. The summed E-state index contributed by atoms with van der Waals surface area (Å²) in [4.78, 5) is 0. The average Bonchev–Trinajstić information content (AvgIpc) is 2.32. The first-order valence-corrected chi connectivity index (χ1v) is 7.25. The maximum absolute atomic E-state index is 3.74. The predicted octanol–water partition coefficient (Wildman–Crippen LogP) is 4.53. The van der Waals surface area contributed by atoms with Crippen molar-refractivity contribution in [3.8, 4) is 0 Å². The van der Waals surface area contributed by atoms with Gasteiger partial charge in [0.15, 0.2) is 0 Å². The highest BCUT2D eigenvalue weighted by molar-refractivity contribution is 5.24. The SMILES string of the molecule is Cc1cccc([C@H](C)NC2/C=C/CCCCC2)c1. The van der Waals surface area contributed by atoms with Gasteiger partial charge in [0, 0.05) is 12.1 Å². The Kier molecular flexibility index (Phi) is 5.00. The minimum atomic E-state index is 0.430. The molecule has 2 atom stereocenters. The number of hydrogen-bond donors (Lipinski definition) is 1. The Hall–Kier alpha value is -1.08. The third-order valence-corrected chi connectivity index (χ3v) is 3.76. The zero-order chi connectivity index (χ0) is 12.8. The van der Waals surface area contributed by atoms with E-state index in [-0.39, 0.29) is 0 Å². The Morgan fingerprint density at radius 3 is 2.94 bits per heavy atom. The molecular formula is C17H25N. The number of benzene rings is 1. The summed E-state index contributed by atoms with van der Waals surface area (Å²) in [5.41, 5.74) is 2.74. The first-order chi connectivity index (χ1) is 8.75. The molecule has 0 fully saturated rings. The summed E-state index contributed by atoms with van der Waals surface area (Å²) in [7, 11) is 0. The standard InChI is InChI=1S/C17H25N/c1-14-9-8-10-16(13-14)15(2)18-17-11-6-4-3-5-7-12-17/h6,8-11,13,15,17-18H,3-5,7,12H2,1-2H3/b11-6+/t15-,17?/m0/s1. The van der Waals surface area contributed by atoms with Crippen LogP contribution in [0, 0.1) is 6.92 Å². The highest BCUT2D eigenvalue weighted by Crippen LogP contribution is 2.18.